The van der Waals surface area contributed by atoms with E-state index in [1.165, 1.54) is 0 Å². The zero-order valence-electron chi connectivity index (χ0n) is 5.60. The highest BCUT2D eigenvalue weighted by Crippen LogP contribution is 1.96. The van der Waals surface area contributed by atoms with Gasteiger partial charge in [0.05, 0.1) is 0 Å². The van der Waals surface area contributed by atoms with E-state index in [-0.39, 0.29) is 0 Å². The van der Waals surface area contributed by atoms with Crippen molar-refractivity contribution in [1.29, 1.82) is 0 Å². The molecule has 0 saturated carbocycles. The zero-order valence-corrected chi connectivity index (χ0v) is 6.36. The molecule has 1 heteroatoms. The van der Waals surface area contributed by atoms with Gasteiger partial charge in [-0.05, 0) is 12.5 Å². The lowest BCUT2D eigenvalue weighted by molar-refractivity contribution is 1.58. The Morgan fingerprint density at radius 3 is 2.67 bits per heavy atom. The molecule has 0 aliphatic carbocycles. The predicted octanol–water partition coefficient (Wildman–Crippen LogP) is 2.91. The van der Waals surface area contributed by atoms with Gasteiger partial charge in [-0.3, -0.25) is 0 Å². The number of hydrogen-bond donors (Lipinski definition) is 0. The highest BCUT2D eigenvalue weighted by Gasteiger charge is 1.77. The first kappa shape index (κ1) is 8.51. The molecule has 9 heavy (non-hydrogen) atoms. The van der Waals surface area contributed by atoms with Crippen molar-refractivity contribution in [2.24, 2.45) is 0 Å². The zero-order chi connectivity index (χ0) is 7.11. The third kappa shape index (κ3) is 4.04. The molecule has 0 spiro atoms. The SMILES string of the molecule is C=CC(/C=C\CCl)=C/C. The van der Waals surface area contributed by atoms with Crippen molar-refractivity contribution in [1.82, 2.24) is 0 Å². The fraction of sp³-hybridized carbons (Fsp3) is 0.250. The van der Waals surface area contributed by atoms with E-state index >= 15 is 0 Å². The van der Waals surface area contributed by atoms with Gasteiger partial charge in [0.15, 0.2) is 0 Å². The van der Waals surface area contributed by atoms with Crippen LogP contribution in [0.4, 0.5) is 0 Å². The van der Waals surface area contributed by atoms with Crippen molar-refractivity contribution in [3.05, 3.63) is 36.5 Å². The summed E-state index contributed by atoms with van der Waals surface area (Å²) in [5, 5.41) is 0. The monoisotopic (exact) mass is 142 g/mol. The average Bonchev–Trinajstić information content (AvgIpc) is 1.91. The quantitative estimate of drug-likeness (QED) is 0.420. The fourth-order valence-corrected chi connectivity index (χ4v) is 0.552. The molecule has 0 N–H and O–H groups in total. The van der Waals surface area contributed by atoms with Crippen LogP contribution in [-0.2, 0) is 0 Å². The Labute approximate surface area is 61.5 Å². The Kier molecular flexibility index (Phi) is 5.34. The van der Waals surface area contributed by atoms with Crippen LogP contribution in [-0.4, -0.2) is 5.88 Å². The van der Waals surface area contributed by atoms with Crippen LogP contribution in [0.5, 0.6) is 0 Å². The maximum Gasteiger partial charge on any atom is 0.0407 e. The molecule has 0 amide bonds. The maximum absolute atomic E-state index is 5.41. The molecule has 0 fully saturated rings. The summed E-state index contributed by atoms with van der Waals surface area (Å²) in [5.41, 5.74) is 1.11. The van der Waals surface area contributed by atoms with Crippen LogP contribution >= 0.6 is 11.6 Å². The highest BCUT2D eigenvalue weighted by atomic mass is 35.5. The third-order valence-electron chi connectivity index (χ3n) is 0.968. The van der Waals surface area contributed by atoms with Gasteiger partial charge in [-0.25, -0.2) is 0 Å². The van der Waals surface area contributed by atoms with E-state index in [2.05, 4.69) is 6.58 Å². The van der Waals surface area contributed by atoms with Crippen LogP contribution in [0.15, 0.2) is 36.5 Å². The molecule has 0 aromatic carbocycles. The first-order valence-electron chi connectivity index (χ1n) is 2.86. The summed E-state index contributed by atoms with van der Waals surface area (Å²) in [6, 6.07) is 0. The molecule has 0 atom stereocenters. The maximum atomic E-state index is 5.41. The molecule has 0 radical (unpaired) electrons. The lowest BCUT2D eigenvalue weighted by Gasteiger charge is -1.86. The molecule has 0 heterocycles. The van der Waals surface area contributed by atoms with E-state index < -0.39 is 0 Å². The van der Waals surface area contributed by atoms with Crippen LogP contribution in [0.25, 0.3) is 0 Å². The molecular formula is C8H11Cl. The van der Waals surface area contributed by atoms with Gasteiger partial charge in [0.25, 0.3) is 0 Å². The summed E-state index contributed by atoms with van der Waals surface area (Å²) in [7, 11) is 0. The minimum atomic E-state index is 0.561. The topological polar surface area (TPSA) is 0 Å². The van der Waals surface area contributed by atoms with Crippen LogP contribution in [0.3, 0.4) is 0 Å². The van der Waals surface area contributed by atoms with Crippen LogP contribution in [0.2, 0.25) is 0 Å². The summed E-state index contributed by atoms with van der Waals surface area (Å²) < 4.78 is 0. The van der Waals surface area contributed by atoms with Crippen LogP contribution < -0.4 is 0 Å². The van der Waals surface area contributed by atoms with E-state index in [4.69, 9.17) is 11.6 Å². The van der Waals surface area contributed by atoms with Gasteiger partial charge in [0.1, 0.15) is 0 Å². The van der Waals surface area contributed by atoms with Crippen molar-refractivity contribution in [3.8, 4) is 0 Å². The minimum absolute atomic E-state index is 0.561. The number of halogens is 1. The van der Waals surface area contributed by atoms with Crippen molar-refractivity contribution >= 4 is 11.6 Å². The van der Waals surface area contributed by atoms with Gasteiger partial charge in [0.2, 0.25) is 0 Å². The molecule has 0 saturated heterocycles. The van der Waals surface area contributed by atoms with Gasteiger partial charge in [-0.1, -0.05) is 30.9 Å². The molecule has 0 nitrogen and oxygen atoms in total. The average molecular weight is 143 g/mol. The van der Waals surface area contributed by atoms with Gasteiger partial charge < -0.3 is 0 Å². The Morgan fingerprint density at radius 1 is 1.67 bits per heavy atom. The predicted molar refractivity (Wildman–Crippen MR) is 43.8 cm³/mol. The normalized spacial score (nSPS) is 12.4. The Hall–Kier alpha value is -0.490. The Morgan fingerprint density at radius 2 is 2.33 bits per heavy atom. The molecule has 0 rings (SSSR count). The number of rotatable bonds is 3. The number of allylic oxidation sites excluding steroid dienone is 5. The van der Waals surface area contributed by atoms with Crippen molar-refractivity contribution in [2.45, 2.75) is 6.92 Å². The summed E-state index contributed by atoms with van der Waals surface area (Å²) in [5.74, 6) is 0.561. The smallest absolute Gasteiger partial charge is 0.0407 e. The minimum Gasteiger partial charge on any atom is -0.122 e. The largest absolute Gasteiger partial charge is 0.122 e. The van der Waals surface area contributed by atoms with Gasteiger partial charge >= 0.3 is 0 Å². The van der Waals surface area contributed by atoms with Gasteiger partial charge in [-0.15, -0.1) is 11.6 Å². The van der Waals surface area contributed by atoms with Crippen LogP contribution in [0.1, 0.15) is 6.92 Å². The third-order valence-corrected chi connectivity index (χ3v) is 1.15. The van der Waals surface area contributed by atoms with Crippen molar-refractivity contribution < 1.29 is 0 Å². The fourth-order valence-electron chi connectivity index (χ4n) is 0.463. The van der Waals surface area contributed by atoms with E-state index in [1.54, 1.807) is 6.08 Å². The molecule has 0 aliphatic rings. The summed E-state index contributed by atoms with van der Waals surface area (Å²) >= 11 is 5.41. The van der Waals surface area contributed by atoms with Gasteiger partial charge in [0, 0.05) is 5.88 Å². The Balaban J connectivity index is 3.84. The number of hydrogen-bond acceptors (Lipinski definition) is 0. The molecule has 0 bridgehead atoms. The van der Waals surface area contributed by atoms with Gasteiger partial charge in [-0.2, -0.15) is 0 Å². The first-order valence-corrected chi connectivity index (χ1v) is 3.39. The Bertz CT molecular complexity index is 132. The lowest BCUT2D eigenvalue weighted by Crippen LogP contribution is -1.67. The molecular weight excluding hydrogens is 132 g/mol. The standard InChI is InChI=1S/C8H11Cl/c1-3-8(4-2)6-5-7-9/h3-6H,1,7H2,2H3/b6-5-,8-4-. The molecule has 0 aromatic rings. The summed E-state index contributed by atoms with van der Waals surface area (Å²) in [6.45, 7) is 5.59. The molecule has 50 valence electrons. The van der Waals surface area contributed by atoms with E-state index in [1.807, 2.05) is 25.2 Å². The lowest BCUT2D eigenvalue weighted by atomic mass is 10.2. The van der Waals surface area contributed by atoms with Crippen molar-refractivity contribution in [2.75, 3.05) is 5.88 Å². The second-order valence-corrected chi connectivity index (χ2v) is 1.86. The molecule has 0 aliphatic heterocycles. The number of alkyl halides is 1. The second-order valence-electron chi connectivity index (χ2n) is 1.55. The summed E-state index contributed by atoms with van der Waals surface area (Å²) in [6.07, 6.45) is 7.61. The second kappa shape index (κ2) is 5.64. The van der Waals surface area contributed by atoms with E-state index in [0.29, 0.717) is 5.88 Å². The molecule has 0 unspecified atom stereocenters. The highest BCUT2D eigenvalue weighted by molar-refractivity contribution is 6.18. The molecule has 0 aromatic heterocycles. The van der Waals surface area contributed by atoms with E-state index in [0.717, 1.165) is 5.57 Å². The summed E-state index contributed by atoms with van der Waals surface area (Å²) in [4.78, 5) is 0. The van der Waals surface area contributed by atoms with Crippen molar-refractivity contribution in [3.63, 3.8) is 0 Å². The van der Waals surface area contributed by atoms with Crippen LogP contribution in [0, 0.1) is 0 Å². The van der Waals surface area contributed by atoms with E-state index in [9.17, 15) is 0 Å². The first-order chi connectivity index (χ1) is 4.35.